The molecule has 196 valence electrons. The van der Waals surface area contributed by atoms with Gasteiger partial charge in [0, 0.05) is 7.05 Å². The van der Waals surface area contributed by atoms with Gasteiger partial charge in [0.15, 0.2) is 6.10 Å². The van der Waals surface area contributed by atoms with Crippen molar-refractivity contribution in [2.75, 3.05) is 14.2 Å². The molecule has 38 heavy (non-hydrogen) atoms. The highest BCUT2D eigenvalue weighted by atomic mass is 16.7. The predicted octanol–water partition coefficient (Wildman–Crippen LogP) is 5.11. The summed E-state index contributed by atoms with van der Waals surface area (Å²) in [6, 6.07) is 37.6. The van der Waals surface area contributed by atoms with Crippen LogP contribution in [0.3, 0.4) is 0 Å². The molecule has 6 heteroatoms. The van der Waals surface area contributed by atoms with Crippen molar-refractivity contribution in [3.05, 3.63) is 144 Å². The molecular formula is C32H33NO5. The fourth-order valence-electron chi connectivity index (χ4n) is 4.38. The molecule has 0 fully saturated rings. The van der Waals surface area contributed by atoms with E-state index in [-0.39, 0.29) is 13.2 Å². The molecule has 0 saturated carbocycles. The summed E-state index contributed by atoms with van der Waals surface area (Å²) in [5.74, 6) is -0.480. The zero-order valence-electron chi connectivity index (χ0n) is 21.6. The standard InChI is InChI=1S/C32H33NO5/c1-33(36-2)31(34)29(37-23-25-15-7-3-8-16-25)30(38-24-26-17-9-4-10-18-26)32(35,27-19-11-5-12-20-27)28-21-13-6-14-22-28/h3-22,29-30,35H,23-24H2,1-2H3/t29-,30-/m1/s1. The summed E-state index contributed by atoms with van der Waals surface area (Å²) in [6.07, 6.45) is -2.35. The van der Waals surface area contributed by atoms with Gasteiger partial charge < -0.3 is 14.6 Å². The third kappa shape index (κ3) is 6.36. The molecule has 6 nitrogen and oxygen atoms in total. The maximum atomic E-state index is 13.7. The Morgan fingerprint density at radius 2 is 1.11 bits per heavy atom. The molecule has 0 aliphatic rings. The van der Waals surface area contributed by atoms with Crippen LogP contribution in [0.2, 0.25) is 0 Å². The molecule has 0 radical (unpaired) electrons. The smallest absolute Gasteiger partial charge is 0.277 e. The third-order valence-electron chi connectivity index (χ3n) is 6.49. The summed E-state index contributed by atoms with van der Waals surface area (Å²) < 4.78 is 12.8. The van der Waals surface area contributed by atoms with Crippen molar-refractivity contribution in [3.63, 3.8) is 0 Å². The van der Waals surface area contributed by atoms with Crippen LogP contribution in [0.4, 0.5) is 0 Å². The normalized spacial score (nSPS) is 13.0. The molecule has 4 rings (SSSR count). The van der Waals surface area contributed by atoms with E-state index in [9.17, 15) is 9.90 Å². The first-order valence-corrected chi connectivity index (χ1v) is 12.5. The van der Waals surface area contributed by atoms with Crippen LogP contribution >= 0.6 is 0 Å². The number of carbonyl (C=O) groups excluding carboxylic acids is 1. The number of aliphatic hydroxyl groups is 1. The molecule has 0 aliphatic carbocycles. The molecule has 0 unspecified atom stereocenters. The van der Waals surface area contributed by atoms with Crippen molar-refractivity contribution in [2.45, 2.75) is 31.0 Å². The second-order valence-corrected chi connectivity index (χ2v) is 8.95. The second-order valence-electron chi connectivity index (χ2n) is 8.95. The van der Waals surface area contributed by atoms with Gasteiger partial charge in [0.1, 0.15) is 11.7 Å². The highest BCUT2D eigenvalue weighted by Gasteiger charge is 2.49. The minimum absolute atomic E-state index is 0.139. The van der Waals surface area contributed by atoms with E-state index in [4.69, 9.17) is 14.3 Å². The quantitative estimate of drug-likeness (QED) is 0.268. The number of hydroxylamine groups is 2. The number of likely N-dealkylation sites (N-methyl/N-ethyl adjacent to an activating group) is 1. The third-order valence-corrected chi connectivity index (χ3v) is 6.49. The highest BCUT2D eigenvalue weighted by Crippen LogP contribution is 2.38. The molecule has 0 aromatic heterocycles. The molecule has 1 N–H and O–H groups in total. The molecule has 2 atom stereocenters. The average Bonchev–Trinajstić information content (AvgIpc) is 2.99. The van der Waals surface area contributed by atoms with Crippen molar-refractivity contribution in [2.24, 2.45) is 0 Å². The van der Waals surface area contributed by atoms with E-state index in [1.54, 1.807) is 0 Å². The van der Waals surface area contributed by atoms with E-state index in [0.29, 0.717) is 11.1 Å². The summed E-state index contributed by atoms with van der Waals surface area (Å²) in [5.41, 5.74) is 1.20. The lowest BCUT2D eigenvalue weighted by Crippen LogP contribution is -2.55. The SMILES string of the molecule is CON(C)C(=O)[C@H](OCc1ccccc1)[C@@H](OCc1ccccc1)C(O)(c1ccccc1)c1ccccc1. The molecule has 0 aliphatic heterocycles. The van der Waals surface area contributed by atoms with Gasteiger partial charge >= 0.3 is 0 Å². The maximum absolute atomic E-state index is 13.7. The van der Waals surface area contributed by atoms with Crippen LogP contribution in [0.25, 0.3) is 0 Å². The number of rotatable bonds is 12. The van der Waals surface area contributed by atoms with Crippen LogP contribution < -0.4 is 0 Å². The number of nitrogens with zero attached hydrogens (tertiary/aromatic N) is 1. The van der Waals surface area contributed by atoms with E-state index in [2.05, 4.69) is 0 Å². The van der Waals surface area contributed by atoms with Crippen LogP contribution in [0.15, 0.2) is 121 Å². The molecule has 0 saturated heterocycles. The molecule has 0 heterocycles. The van der Waals surface area contributed by atoms with Crippen LogP contribution in [0.5, 0.6) is 0 Å². The zero-order valence-corrected chi connectivity index (χ0v) is 21.6. The molecule has 4 aromatic carbocycles. The van der Waals surface area contributed by atoms with Gasteiger partial charge in [-0.2, -0.15) is 0 Å². The van der Waals surface area contributed by atoms with E-state index in [0.717, 1.165) is 16.2 Å². The van der Waals surface area contributed by atoms with Crippen molar-refractivity contribution in [1.29, 1.82) is 0 Å². The Hall–Kier alpha value is -3.81. The van der Waals surface area contributed by atoms with Gasteiger partial charge in [0.05, 0.1) is 20.3 Å². The summed E-state index contributed by atoms with van der Waals surface area (Å²) >= 11 is 0. The van der Waals surface area contributed by atoms with Crippen LogP contribution in [0, 0.1) is 0 Å². The van der Waals surface area contributed by atoms with Crippen molar-refractivity contribution < 1.29 is 24.2 Å². The monoisotopic (exact) mass is 511 g/mol. The average molecular weight is 512 g/mol. The van der Waals surface area contributed by atoms with E-state index >= 15 is 0 Å². The van der Waals surface area contributed by atoms with Crippen molar-refractivity contribution in [1.82, 2.24) is 5.06 Å². The molecule has 4 aromatic rings. The fraction of sp³-hybridized carbons (Fsp3) is 0.219. The fourth-order valence-corrected chi connectivity index (χ4v) is 4.38. The van der Waals surface area contributed by atoms with Gasteiger partial charge in [-0.15, -0.1) is 0 Å². The van der Waals surface area contributed by atoms with E-state index in [1.807, 2.05) is 121 Å². The van der Waals surface area contributed by atoms with Gasteiger partial charge in [0.25, 0.3) is 5.91 Å². The topological polar surface area (TPSA) is 68.2 Å². The first-order valence-electron chi connectivity index (χ1n) is 12.5. The summed E-state index contributed by atoms with van der Waals surface area (Å²) in [4.78, 5) is 19.0. The van der Waals surface area contributed by atoms with Gasteiger partial charge in [-0.05, 0) is 22.3 Å². The molecule has 1 amide bonds. The highest BCUT2D eigenvalue weighted by molar-refractivity contribution is 5.81. The number of hydrogen-bond acceptors (Lipinski definition) is 5. The molecule has 0 bridgehead atoms. The largest absolute Gasteiger partial charge is 0.378 e. The number of ether oxygens (including phenoxy) is 2. The molecule has 0 spiro atoms. The maximum Gasteiger partial charge on any atom is 0.277 e. The van der Waals surface area contributed by atoms with Gasteiger partial charge in [-0.1, -0.05) is 121 Å². The minimum atomic E-state index is -1.73. The van der Waals surface area contributed by atoms with Gasteiger partial charge in [-0.25, -0.2) is 5.06 Å². The first-order chi connectivity index (χ1) is 18.5. The van der Waals surface area contributed by atoms with E-state index < -0.39 is 23.7 Å². The lowest BCUT2D eigenvalue weighted by Gasteiger charge is -2.41. The number of benzene rings is 4. The lowest BCUT2D eigenvalue weighted by atomic mass is 9.79. The summed E-state index contributed by atoms with van der Waals surface area (Å²) in [6.45, 7) is 0.294. The predicted molar refractivity (Wildman–Crippen MR) is 146 cm³/mol. The molecular weight excluding hydrogens is 478 g/mol. The van der Waals surface area contributed by atoms with Crippen LogP contribution in [-0.2, 0) is 37.9 Å². The minimum Gasteiger partial charge on any atom is -0.378 e. The number of amides is 1. The first kappa shape index (κ1) is 27.2. The Morgan fingerprint density at radius 1 is 0.711 bits per heavy atom. The van der Waals surface area contributed by atoms with Crippen molar-refractivity contribution in [3.8, 4) is 0 Å². The zero-order chi connectivity index (χ0) is 26.8. The van der Waals surface area contributed by atoms with Gasteiger partial charge in [-0.3, -0.25) is 9.63 Å². The Morgan fingerprint density at radius 3 is 1.53 bits per heavy atom. The number of hydrogen-bond donors (Lipinski definition) is 1. The lowest BCUT2D eigenvalue weighted by molar-refractivity contribution is -0.207. The van der Waals surface area contributed by atoms with E-state index in [1.165, 1.54) is 14.2 Å². The Bertz CT molecular complexity index is 1210. The summed E-state index contributed by atoms with van der Waals surface area (Å²) in [7, 11) is 2.92. The van der Waals surface area contributed by atoms with Crippen molar-refractivity contribution >= 4 is 5.91 Å². The Balaban J connectivity index is 1.83. The van der Waals surface area contributed by atoms with Crippen LogP contribution in [-0.4, -0.2) is 42.4 Å². The van der Waals surface area contributed by atoms with Gasteiger partial charge in [0.2, 0.25) is 0 Å². The Kier molecular flexibility index (Phi) is 9.40. The summed E-state index contributed by atoms with van der Waals surface area (Å²) in [5, 5.41) is 13.7. The second kappa shape index (κ2) is 13.1. The number of carbonyl (C=O) groups is 1. The Labute approximate surface area is 224 Å². The van der Waals surface area contributed by atoms with Crippen LogP contribution in [0.1, 0.15) is 22.3 Å².